The van der Waals surface area contributed by atoms with Crippen LogP contribution in [-0.4, -0.2) is 37.4 Å². The van der Waals surface area contributed by atoms with Gasteiger partial charge in [0.2, 0.25) is 5.91 Å². The molecule has 134 valence electrons. The fourth-order valence-corrected chi connectivity index (χ4v) is 2.73. The molecule has 0 unspecified atom stereocenters. The van der Waals surface area contributed by atoms with Crippen LogP contribution in [0.1, 0.15) is 11.1 Å². The van der Waals surface area contributed by atoms with Gasteiger partial charge in [0.15, 0.2) is 0 Å². The molecule has 26 heavy (non-hydrogen) atoms. The maximum absolute atomic E-state index is 14.3. The summed E-state index contributed by atoms with van der Waals surface area (Å²) in [4.78, 5) is 13.8. The summed E-state index contributed by atoms with van der Waals surface area (Å²) in [5, 5.41) is 8.14. The van der Waals surface area contributed by atoms with E-state index < -0.39 is 5.82 Å². The molecular weight excluding hydrogens is 401 g/mol. The third-order valence-corrected chi connectivity index (χ3v) is 4.15. The number of halogens is 2. The summed E-state index contributed by atoms with van der Waals surface area (Å²) in [6.45, 7) is 0.457. The van der Waals surface area contributed by atoms with Gasteiger partial charge in [0.05, 0.1) is 16.9 Å². The van der Waals surface area contributed by atoms with E-state index in [1.807, 2.05) is 13.2 Å². The first kappa shape index (κ1) is 18.1. The van der Waals surface area contributed by atoms with Crippen molar-refractivity contribution >= 4 is 27.9 Å². The number of hydrogen-bond donors (Lipinski definition) is 0. The molecule has 0 N–H and O–H groups in total. The van der Waals surface area contributed by atoms with Gasteiger partial charge < -0.3 is 4.90 Å². The van der Waals surface area contributed by atoms with E-state index in [4.69, 9.17) is 0 Å². The molecule has 0 bridgehead atoms. The van der Waals surface area contributed by atoms with E-state index >= 15 is 0 Å². The number of likely N-dealkylation sites (N-methyl/N-ethyl adjacent to an activating group) is 1. The van der Waals surface area contributed by atoms with E-state index in [1.54, 1.807) is 53.4 Å². The average molecular weight is 418 g/mol. The molecule has 0 atom stereocenters. The predicted octanol–water partition coefficient (Wildman–Crippen LogP) is 3.18. The van der Waals surface area contributed by atoms with Crippen LogP contribution in [0.15, 0.2) is 53.5 Å². The fourth-order valence-electron chi connectivity index (χ4n) is 2.45. The number of benzene rings is 1. The van der Waals surface area contributed by atoms with E-state index in [2.05, 4.69) is 26.1 Å². The SMILES string of the molecule is CN(Cc1cnn(C)c1)C(=O)/C=C/c1ccc(-n2cc(Br)cn2)c(F)c1. The fraction of sp³-hybridized carbons (Fsp3) is 0.167. The van der Waals surface area contributed by atoms with Crippen molar-refractivity contribution in [2.24, 2.45) is 7.05 Å². The van der Waals surface area contributed by atoms with E-state index in [1.165, 1.54) is 16.8 Å². The van der Waals surface area contributed by atoms with Crippen LogP contribution in [0, 0.1) is 5.82 Å². The number of rotatable bonds is 5. The molecule has 2 heterocycles. The number of nitrogens with zero attached hydrogens (tertiary/aromatic N) is 5. The van der Waals surface area contributed by atoms with Gasteiger partial charge in [-0.3, -0.25) is 9.48 Å². The highest BCUT2D eigenvalue weighted by atomic mass is 79.9. The minimum Gasteiger partial charge on any atom is -0.338 e. The van der Waals surface area contributed by atoms with E-state index in [0.717, 1.165) is 10.0 Å². The maximum Gasteiger partial charge on any atom is 0.246 e. The molecule has 0 aliphatic carbocycles. The first-order valence-corrected chi connectivity index (χ1v) is 8.62. The average Bonchev–Trinajstić information content (AvgIpc) is 3.21. The number of carbonyl (C=O) groups excluding carboxylic acids is 1. The van der Waals surface area contributed by atoms with Gasteiger partial charge in [-0.15, -0.1) is 0 Å². The van der Waals surface area contributed by atoms with Gasteiger partial charge in [-0.2, -0.15) is 10.2 Å². The second-order valence-electron chi connectivity index (χ2n) is 5.86. The molecule has 0 saturated carbocycles. The quantitative estimate of drug-likeness (QED) is 0.599. The zero-order chi connectivity index (χ0) is 18.7. The molecule has 0 fully saturated rings. The van der Waals surface area contributed by atoms with E-state index in [0.29, 0.717) is 17.8 Å². The smallest absolute Gasteiger partial charge is 0.246 e. The lowest BCUT2D eigenvalue weighted by Crippen LogP contribution is -2.23. The standard InChI is InChI=1S/C18H17BrFN5O/c1-23(10-14-8-21-24(2)11-14)18(26)6-4-13-3-5-17(16(20)7-13)25-12-15(19)9-22-25/h3-9,11-12H,10H2,1-2H3/b6-4+. The Morgan fingerprint density at radius 1 is 1.31 bits per heavy atom. The molecule has 6 nitrogen and oxygen atoms in total. The Morgan fingerprint density at radius 3 is 2.73 bits per heavy atom. The Balaban J connectivity index is 1.67. The molecule has 3 rings (SSSR count). The lowest BCUT2D eigenvalue weighted by Gasteiger charge is -2.13. The van der Waals surface area contributed by atoms with Crippen molar-refractivity contribution in [2.75, 3.05) is 7.05 Å². The lowest BCUT2D eigenvalue weighted by atomic mass is 10.2. The highest BCUT2D eigenvalue weighted by Gasteiger charge is 2.09. The molecule has 0 radical (unpaired) electrons. The summed E-state index contributed by atoms with van der Waals surface area (Å²) in [6.07, 6.45) is 9.85. The van der Waals surface area contributed by atoms with Crippen LogP contribution in [0.25, 0.3) is 11.8 Å². The zero-order valence-corrected chi connectivity index (χ0v) is 15.9. The normalized spacial score (nSPS) is 11.2. The van der Waals surface area contributed by atoms with Gasteiger partial charge in [0, 0.05) is 44.7 Å². The summed E-state index contributed by atoms with van der Waals surface area (Å²) in [7, 11) is 3.53. The van der Waals surface area contributed by atoms with Crippen molar-refractivity contribution in [1.29, 1.82) is 0 Å². The third-order valence-electron chi connectivity index (χ3n) is 3.74. The molecule has 1 amide bonds. The first-order valence-electron chi connectivity index (χ1n) is 7.83. The maximum atomic E-state index is 14.3. The van der Waals surface area contributed by atoms with Crippen LogP contribution in [0.5, 0.6) is 0 Å². The van der Waals surface area contributed by atoms with Gasteiger partial charge in [-0.05, 0) is 39.7 Å². The minimum atomic E-state index is -0.418. The van der Waals surface area contributed by atoms with Gasteiger partial charge in [-0.25, -0.2) is 9.07 Å². The van der Waals surface area contributed by atoms with Crippen LogP contribution in [0.3, 0.4) is 0 Å². The molecule has 8 heteroatoms. The van der Waals surface area contributed by atoms with Crippen LogP contribution >= 0.6 is 15.9 Å². The zero-order valence-electron chi connectivity index (χ0n) is 14.3. The molecule has 1 aromatic carbocycles. The molecular formula is C18H17BrFN5O. The highest BCUT2D eigenvalue weighted by molar-refractivity contribution is 9.10. The second kappa shape index (κ2) is 7.65. The topological polar surface area (TPSA) is 56.0 Å². The van der Waals surface area contributed by atoms with E-state index in [-0.39, 0.29) is 5.91 Å². The first-order chi connectivity index (χ1) is 12.4. The number of hydrogen-bond acceptors (Lipinski definition) is 3. The van der Waals surface area contributed by atoms with Gasteiger partial charge in [0.1, 0.15) is 11.5 Å². The summed E-state index contributed by atoms with van der Waals surface area (Å²) < 4.78 is 18.2. The van der Waals surface area contributed by atoms with Crippen molar-refractivity contribution in [3.05, 3.63) is 70.5 Å². The molecule has 3 aromatic rings. The Labute approximate surface area is 158 Å². The van der Waals surface area contributed by atoms with Crippen molar-refractivity contribution in [2.45, 2.75) is 6.54 Å². The summed E-state index contributed by atoms with van der Waals surface area (Å²) in [5.74, 6) is -0.590. The largest absolute Gasteiger partial charge is 0.338 e. The predicted molar refractivity (Wildman–Crippen MR) is 99.9 cm³/mol. The highest BCUT2D eigenvalue weighted by Crippen LogP contribution is 2.18. The Bertz CT molecular complexity index is 962. The lowest BCUT2D eigenvalue weighted by molar-refractivity contribution is -0.125. The molecule has 0 spiro atoms. The molecule has 0 saturated heterocycles. The summed E-state index contributed by atoms with van der Waals surface area (Å²) in [6, 6.07) is 4.73. The summed E-state index contributed by atoms with van der Waals surface area (Å²) >= 11 is 3.28. The minimum absolute atomic E-state index is 0.172. The van der Waals surface area contributed by atoms with Crippen molar-refractivity contribution in [3.8, 4) is 5.69 Å². The second-order valence-corrected chi connectivity index (χ2v) is 6.78. The van der Waals surface area contributed by atoms with Crippen molar-refractivity contribution in [3.63, 3.8) is 0 Å². The number of aromatic nitrogens is 4. The third kappa shape index (κ3) is 4.26. The van der Waals surface area contributed by atoms with Gasteiger partial charge >= 0.3 is 0 Å². The van der Waals surface area contributed by atoms with Crippen LogP contribution < -0.4 is 0 Å². The van der Waals surface area contributed by atoms with E-state index in [9.17, 15) is 9.18 Å². The van der Waals surface area contributed by atoms with Gasteiger partial charge in [-0.1, -0.05) is 6.07 Å². The molecule has 0 aliphatic rings. The van der Waals surface area contributed by atoms with Crippen LogP contribution in [0.4, 0.5) is 4.39 Å². The van der Waals surface area contributed by atoms with Crippen LogP contribution in [0.2, 0.25) is 0 Å². The number of carbonyl (C=O) groups is 1. The van der Waals surface area contributed by atoms with Crippen molar-refractivity contribution < 1.29 is 9.18 Å². The number of amides is 1. The monoisotopic (exact) mass is 417 g/mol. The molecule has 0 aliphatic heterocycles. The molecule has 2 aromatic heterocycles. The Kier molecular flexibility index (Phi) is 5.32. The van der Waals surface area contributed by atoms with Crippen molar-refractivity contribution in [1.82, 2.24) is 24.5 Å². The summed E-state index contributed by atoms with van der Waals surface area (Å²) in [5.41, 5.74) is 1.88. The Hall–Kier alpha value is -2.74. The van der Waals surface area contributed by atoms with Gasteiger partial charge in [0.25, 0.3) is 0 Å². The number of aryl methyl sites for hydroxylation is 1. The van der Waals surface area contributed by atoms with Crippen LogP contribution in [-0.2, 0) is 18.4 Å². The Morgan fingerprint density at radius 2 is 2.12 bits per heavy atom.